The summed E-state index contributed by atoms with van der Waals surface area (Å²) in [6.07, 6.45) is 0.379. The summed E-state index contributed by atoms with van der Waals surface area (Å²) in [7, 11) is 0. The predicted molar refractivity (Wildman–Crippen MR) is 146 cm³/mol. The SMILES string of the molecule is O=C(c1cc(-c2ccccc2)no1)N1CCC2(CC1)C[C@@H](O)[C@H](c1ccccc1)N(Cc1ccc(F)cc1)C2=O. The number of nitrogens with zero attached hydrogens (tertiary/aromatic N) is 3. The third kappa shape index (κ3) is 4.91. The fourth-order valence-corrected chi connectivity index (χ4v) is 6.08. The first-order chi connectivity index (χ1) is 19.4. The summed E-state index contributed by atoms with van der Waals surface area (Å²) in [5, 5.41) is 15.5. The van der Waals surface area contributed by atoms with E-state index in [1.807, 2.05) is 60.7 Å². The van der Waals surface area contributed by atoms with Crippen LogP contribution in [0.2, 0.25) is 0 Å². The van der Waals surface area contributed by atoms with E-state index in [4.69, 9.17) is 4.52 Å². The van der Waals surface area contributed by atoms with Gasteiger partial charge in [0.15, 0.2) is 0 Å². The Balaban J connectivity index is 1.21. The molecule has 0 bridgehead atoms. The van der Waals surface area contributed by atoms with E-state index < -0.39 is 17.6 Å². The fourth-order valence-electron chi connectivity index (χ4n) is 6.08. The predicted octanol–water partition coefficient (Wildman–Crippen LogP) is 5.24. The number of hydrogen-bond acceptors (Lipinski definition) is 5. The minimum absolute atomic E-state index is 0.0471. The van der Waals surface area contributed by atoms with Gasteiger partial charge in [0, 0.05) is 31.3 Å². The highest BCUT2D eigenvalue weighted by atomic mass is 19.1. The monoisotopic (exact) mass is 539 g/mol. The second-order valence-corrected chi connectivity index (χ2v) is 10.7. The van der Waals surface area contributed by atoms with Gasteiger partial charge < -0.3 is 19.4 Å². The Morgan fingerprint density at radius 2 is 1.62 bits per heavy atom. The Labute approximate surface area is 231 Å². The van der Waals surface area contributed by atoms with E-state index in [0.29, 0.717) is 38.0 Å². The zero-order chi connectivity index (χ0) is 27.7. The molecule has 7 nitrogen and oxygen atoms in total. The number of carbonyl (C=O) groups is 2. The smallest absolute Gasteiger partial charge is 0.292 e. The number of hydrogen-bond donors (Lipinski definition) is 1. The third-order valence-electron chi connectivity index (χ3n) is 8.22. The average molecular weight is 540 g/mol. The number of aliphatic hydroxyl groups is 1. The van der Waals surface area contributed by atoms with Crippen molar-refractivity contribution < 1.29 is 23.6 Å². The zero-order valence-electron chi connectivity index (χ0n) is 21.9. The van der Waals surface area contributed by atoms with Crippen molar-refractivity contribution in [3.63, 3.8) is 0 Å². The topological polar surface area (TPSA) is 86.9 Å². The number of rotatable bonds is 5. The maximum Gasteiger partial charge on any atom is 0.292 e. The molecule has 6 rings (SSSR count). The van der Waals surface area contributed by atoms with Gasteiger partial charge >= 0.3 is 0 Å². The summed E-state index contributed by atoms with van der Waals surface area (Å²) in [6.45, 7) is 0.971. The van der Waals surface area contributed by atoms with E-state index in [1.54, 1.807) is 28.0 Å². The van der Waals surface area contributed by atoms with E-state index in [9.17, 15) is 19.1 Å². The van der Waals surface area contributed by atoms with Crippen LogP contribution < -0.4 is 0 Å². The first kappa shape index (κ1) is 26.0. The number of aliphatic hydroxyl groups excluding tert-OH is 1. The van der Waals surface area contributed by atoms with Crippen LogP contribution in [0.1, 0.15) is 47.0 Å². The summed E-state index contributed by atoms with van der Waals surface area (Å²) in [5.74, 6) is -0.496. The van der Waals surface area contributed by atoms with Gasteiger partial charge in [-0.3, -0.25) is 9.59 Å². The van der Waals surface area contributed by atoms with Crippen molar-refractivity contribution in [2.45, 2.75) is 38.0 Å². The van der Waals surface area contributed by atoms with Gasteiger partial charge in [-0.15, -0.1) is 0 Å². The molecular formula is C32H30FN3O4. The lowest BCUT2D eigenvalue weighted by molar-refractivity contribution is -0.164. The molecular weight excluding hydrogens is 509 g/mol. The average Bonchev–Trinajstić information content (AvgIpc) is 3.49. The molecule has 2 fully saturated rings. The second-order valence-electron chi connectivity index (χ2n) is 10.7. The molecule has 8 heteroatoms. The molecule has 4 aromatic rings. The van der Waals surface area contributed by atoms with Crippen LogP contribution in [0.5, 0.6) is 0 Å². The van der Waals surface area contributed by atoms with Gasteiger partial charge in [-0.2, -0.15) is 0 Å². The van der Waals surface area contributed by atoms with Crippen molar-refractivity contribution in [2.75, 3.05) is 13.1 Å². The van der Waals surface area contributed by atoms with E-state index in [-0.39, 0.29) is 29.9 Å². The number of likely N-dealkylation sites (tertiary alicyclic amines) is 2. The summed E-state index contributed by atoms with van der Waals surface area (Å²) >= 11 is 0. The first-order valence-corrected chi connectivity index (χ1v) is 13.5. The van der Waals surface area contributed by atoms with Gasteiger partial charge in [0.1, 0.15) is 11.5 Å². The van der Waals surface area contributed by atoms with Crippen molar-refractivity contribution in [2.24, 2.45) is 5.41 Å². The highest BCUT2D eigenvalue weighted by Gasteiger charge is 2.52. The Morgan fingerprint density at radius 1 is 0.975 bits per heavy atom. The van der Waals surface area contributed by atoms with Crippen LogP contribution in [0.4, 0.5) is 4.39 Å². The molecule has 2 aliphatic heterocycles. The lowest BCUT2D eigenvalue weighted by Gasteiger charge is -2.51. The largest absolute Gasteiger partial charge is 0.391 e. The second kappa shape index (κ2) is 10.7. The van der Waals surface area contributed by atoms with Crippen molar-refractivity contribution >= 4 is 11.8 Å². The van der Waals surface area contributed by atoms with Crippen molar-refractivity contribution in [3.8, 4) is 11.3 Å². The summed E-state index contributed by atoms with van der Waals surface area (Å²) < 4.78 is 19.0. The molecule has 2 saturated heterocycles. The highest BCUT2D eigenvalue weighted by molar-refractivity contribution is 5.93. The van der Waals surface area contributed by atoms with E-state index in [2.05, 4.69) is 5.16 Å². The van der Waals surface area contributed by atoms with Gasteiger partial charge in [-0.25, -0.2) is 4.39 Å². The molecule has 2 atom stereocenters. The molecule has 0 unspecified atom stereocenters. The van der Waals surface area contributed by atoms with Crippen LogP contribution in [0.25, 0.3) is 11.3 Å². The minimum atomic E-state index is -0.794. The van der Waals surface area contributed by atoms with Gasteiger partial charge in [0.25, 0.3) is 5.91 Å². The van der Waals surface area contributed by atoms with Gasteiger partial charge in [0.2, 0.25) is 11.7 Å². The molecule has 3 heterocycles. The zero-order valence-corrected chi connectivity index (χ0v) is 21.9. The molecule has 1 spiro atoms. The number of amides is 2. The van der Waals surface area contributed by atoms with Gasteiger partial charge in [-0.1, -0.05) is 78.0 Å². The summed E-state index contributed by atoms with van der Waals surface area (Å²) in [6, 6.07) is 26.2. The van der Waals surface area contributed by atoms with Crippen molar-refractivity contribution in [3.05, 3.63) is 114 Å². The van der Waals surface area contributed by atoms with E-state index >= 15 is 0 Å². The number of halogens is 1. The molecule has 2 aliphatic rings. The molecule has 0 radical (unpaired) electrons. The maximum absolute atomic E-state index is 14.2. The number of carbonyl (C=O) groups excluding carboxylic acids is 2. The molecule has 1 N–H and O–H groups in total. The third-order valence-corrected chi connectivity index (χ3v) is 8.22. The fraction of sp³-hybridized carbons (Fsp3) is 0.281. The maximum atomic E-state index is 14.2. The molecule has 40 heavy (non-hydrogen) atoms. The molecule has 0 saturated carbocycles. The number of piperidine rings is 2. The minimum Gasteiger partial charge on any atom is -0.391 e. The Bertz CT molecular complexity index is 1480. The van der Waals surface area contributed by atoms with Crippen LogP contribution in [0.3, 0.4) is 0 Å². The van der Waals surface area contributed by atoms with Crippen LogP contribution in [0.15, 0.2) is 95.5 Å². The summed E-state index contributed by atoms with van der Waals surface area (Å²) in [5.41, 5.74) is 2.29. The quantitative estimate of drug-likeness (QED) is 0.375. The molecule has 204 valence electrons. The molecule has 0 aliphatic carbocycles. The van der Waals surface area contributed by atoms with Gasteiger partial charge in [-0.05, 0) is 42.5 Å². The Hall–Kier alpha value is -4.30. The standard InChI is InChI=1S/C32H30FN3O4/c33-25-13-11-22(12-14-25)21-36-29(24-9-5-2-6-10-24)27(37)20-32(31(36)39)15-17-35(18-16-32)30(38)28-19-26(34-40-28)23-7-3-1-4-8-23/h1-14,19,27,29,37H,15-18,20-21H2/t27-,29+/m1/s1. The lowest BCUT2D eigenvalue weighted by atomic mass is 9.68. The lowest BCUT2D eigenvalue weighted by Crippen LogP contribution is -2.58. The normalized spacial score (nSPS) is 20.6. The van der Waals surface area contributed by atoms with E-state index in [1.165, 1.54) is 12.1 Å². The molecule has 1 aromatic heterocycles. The van der Waals surface area contributed by atoms with Crippen LogP contribution in [-0.2, 0) is 11.3 Å². The number of benzene rings is 3. The summed E-state index contributed by atoms with van der Waals surface area (Å²) in [4.78, 5) is 30.9. The first-order valence-electron chi connectivity index (χ1n) is 13.5. The molecule has 2 amide bonds. The molecule has 3 aromatic carbocycles. The van der Waals surface area contributed by atoms with Crippen LogP contribution >= 0.6 is 0 Å². The van der Waals surface area contributed by atoms with Crippen LogP contribution in [-0.4, -0.2) is 51.1 Å². The van der Waals surface area contributed by atoms with Crippen LogP contribution in [0, 0.1) is 11.2 Å². The number of aromatic nitrogens is 1. The Kier molecular flexibility index (Phi) is 6.94. The van der Waals surface area contributed by atoms with Crippen molar-refractivity contribution in [1.29, 1.82) is 0 Å². The van der Waals surface area contributed by atoms with Crippen molar-refractivity contribution in [1.82, 2.24) is 15.0 Å². The highest BCUT2D eigenvalue weighted by Crippen LogP contribution is 2.47. The van der Waals surface area contributed by atoms with E-state index in [0.717, 1.165) is 16.7 Å². The Morgan fingerprint density at radius 3 is 2.30 bits per heavy atom. The van der Waals surface area contributed by atoms with Gasteiger partial charge in [0.05, 0.1) is 17.6 Å².